The fourth-order valence-corrected chi connectivity index (χ4v) is 1.81. The first-order valence-corrected chi connectivity index (χ1v) is 7.13. The van der Waals surface area contributed by atoms with Gasteiger partial charge in [-0.1, -0.05) is 0 Å². The van der Waals surface area contributed by atoms with E-state index in [1.54, 1.807) is 0 Å². The molecule has 0 fully saturated rings. The third-order valence-corrected chi connectivity index (χ3v) is 4.04. The largest absolute Gasteiger partial charge is 0.480 e. The Morgan fingerprint density at radius 1 is 1.30 bits per heavy atom. The second-order valence-corrected chi connectivity index (χ2v) is 6.36. The van der Waals surface area contributed by atoms with E-state index in [1.165, 1.54) is 14.1 Å². The van der Waals surface area contributed by atoms with E-state index in [2.05, 4.69) is 5.32 Å². The Hall–Kier alpha value is -1.88. The molecule has 0 heterocycles. The average molecular weight is 310 g/mol. The zero-order valence-electron chi connectivity index (χ0n) is 11.1. The highest BCUT2D eigenvalue weighted by Crippen LogP contribution is 1.93. The number of carbonyl (C=O) groups is 3. The molecule has 10 nitrogen and oxygen atoms in total. The Morgan fingerprint density at radius 2 is 1.85 bits per heavy atom. The number of primary amides is 1. The predicted molar refractivity (Wildman–Crippen MR) is 69.2 cm³/mol. The molecule has 0 radical (unpaired) electrons. The number of rotatable bonds is 8. The Bertz CT molecular complexity index is 475. The van der Waals surface area contributed by atoms with E-state index in [0.29, 0.717) is 0 Å². The number of aliphatic carboxylic acids is 1. The summed E-state index contributed by atoms with van der Waals surface area (Å²) in [7, 11) is -0.757. The summed E-state index contributed by atoms with van der Waals surface area (Å²) in [6.07, 6.45) is -0.557. The highest BCUT2D eigenvalue weighted by Gasteiger charge is 2.22. The lowest BCUT2D eigenvalue weighted by Gasteiger charge is -2.14. The number of sulfonamides is 1. The van der Waals surface area contributed by atoms with Gasteiger partial charge in [-0.05, 0) is 0 Å². The number of amides is 3. The van der Waals surface area contributed by atoms with E-state index >= 15 is 0 Å². The van der Waals surface area contributed by atoms with Crippen molar-refractivity contribution in [2.24, 2.45) is 5.73 Å². The maximum Gasteiger partial charge on any atom is 0.326 e. The Labute approximate surface area is 116 Å². The van der Waals surface area contributed by atoms with Crippen LogP contribution in [0.3, 0.4) is 0 Å². The van der Waals surface area contributed by atoms with Crippen LogP contribution in [0.1, 0.15) is 6.42 Å². The van der Waals surface area contributed by atoms with Crippen molar-refractivity contribution in [3.05, 3.63) is 0 Å². The molecule has 0 aliphatic heterocycles. The predicted octanol–water partition coefficient (Wildman–Crippen LogP) is -2.49. The summed E-state index contributed by atoms with van der Waals surface area (Å²) in [6, 6.07) is -2.36. The van der Waals surface area contributed by atoms with E-state index in [-0.39, 0.29) is 12.3 Å². The highest BCUT2D eigenvalue weighted by molar-refractivity contribution is 7.89. The average Bonchev–Trinajstić information content (AvgIpc) is 2.26. The Morgan fingerprint density at radius 3 is 2.25 bits per heavy atom. The molecule has 0 aliphatic carbocycles. The van der Waals surface area contributed by atoms with E-state index in [0.717, 1.165) is 4.31 Å². The number of nitrogens with zero attached hydrogens (tertiary/aromatic N) is 1. The Balaban J connectivity index is 4.28. The van der Waals surface area contributed by atoms with Crippen LogP contribution in [0.4, 0.5) is 4.79 Å². The van der Waals surface area contributed by atoms with Crippen molar-refractivity contribution in [3.63, 3.8) is 0 Å². The summed E-state index contributed by atoms with van der Waals surface area (Å²) in [4.78, 5) is 32.7. The SMILES string of the molecule is CN(C)S(=O)(=O)CCNC(=O)NC(CC(N)=O)C(=O)O. The van der Waals surface area contributed by atoms with Gasteiger partial charge in [-0.15, -0.1) is 0 Å². The number of nitrogens with two attached hydrogens (primary N) is 1. The molecule has 0 bridgehead atoms. The minimum atomic E-state index is -3.46. The molecule has 116 valence electrons. The molecule has 0 aromatic carbocycles. The fraction of sp³-hybridized carbons (Fsp3) is 0.667. The zero-order valence-corrected chi connectivity index (χ0v) is 11.9. The van der Waals surface area contributed by atoms with Crippen molar-refractivity contribution < 1.29 is 27.9 Å². The second-order valence-electron chi connectivity index (χ2n) is 4.06. The topological polar surface area (TPSA) is 159 Å². The standard InChI is InChI=1S/C9H18N4O6S/c1-13(2)20(18,19)4-3-11-9(17)12-6(8(15)16)5-7(10)14/h6H,3-5H2,1-2H3,(H2,10,14)(H,15,16)(H2,11,12,17). The molecule has 0 spiro atoms. The van der Waals surface area contributed by atoms with Gasteiger partial charge in [-0.25, -0.2) is 22.3 Å². The molecule has 0 aromatic rings. The molecular weight excluding hydrogens is 292 g/mol. The number of hydrogen-bond acceptors (Lipinski definition) is 5. The van der Waals surface area contributed by atoms with E-state index in [1.807, 2.05) is 5.32 Å². The van der Waals surface area contributed by atoms with Crippen molar-refractivity contribution in [3.8, 4) is 0 Å². The molecule has 0 saturated heterocycles. The van der Waals surface area contributed by atoms with Crippen LogP contribution < -0.4 is 16.4 Å². The van der Waals surface area contributed by atoms with E-state index in [9.17, 15) is 22.8 Å². The first-order valence-electron chi connectivity index (χ1n) is 5.52. The van der Waals surface area contributed by atoms with Crippen LogP contribution in [0.2, 0.25) is 0 Å². The molecule has 1 unspecified atom stereocenters. The van der Waals surface area contributed by atoms with Gasteiger partial charge in [-0.3, -0.25) is 4.79 Å². The molecule has 5 N–H and O–H groups in total. The number of carbonyl (C=O) groups excluding carboxylic acids is 2. The first kappa shape index (κ1) is 18.1. The van der Waals surface area contributed by atoms with Crippen LogP contribution in [0, 0.1) is 0 Å². The molecule has 11 heteroatoms. The van der Waals surface area contributed by atoms with E-state index in [4.69, 9.17) is 10.8 Å². The van der Waals surface area contributed by atoms with Crippen molar-refractivity contribution in [1.82, 2.24) is 14.9 Å². The van der Waals surface area contributed by atoms with Crippen LogP contribution in [0.25, 0.3) is 0 Å². The number of carboxylic acid groups (broad SMARTS) is 1. The van der Waals surface area contributed by atoms with Crippen molar-refractivity contribution in [2.45, 2.75) is 12.5 Å². The summed E-state index contributed by atoms with van der Waals surface area (Å²) in [5, 5.41) is 12.9. The van der Waals surface area contributed by atoms with E-state index < -0.39 is 40.4 Å². The third-order valence-electron chi connectivity index (χ3n) is 2.21. The lowest BCUT2D eigenvalue weighted by Crippen LogP contribution is -2.48. The molecule has 3 amide bonds. The van der Waals surface area contributed by atoms with Gasteiger partial charge in [0.05, 0.1) is 12.2 Å². The summed E-state index contributed by atoms with van der Waals surface area (Å²) >= 11 is 0. The zero-order chi connectivity index (χ0) is 15.9. The first-order chi connectivity index (χ1) is 9.06. The van der Waals surface area contributed by atoms with Crippen molar-refractivity contribution in [2.75, 3.05) is 26.4 Å². The van der Waals surface area contributed by atoms with Gasteiger partial charge >= 0.3 is 12.0 Å². The highest BCUT2D eigenvalue weighted by atomic mass is 32.2. The molecular formula is C9H18N4O6S. The van der Waals surface area contributed by atoms with Crippen LogP contribution >= 0.6 is 0 Å². The molecule has 0 saturated carbocycles. The van der Waals surface area contributed by atoms with Crippen LogP contribution in [-0.2, 0) is 19.6 Å². The third kappa shape index (κ3) is 6.89. The summed E-state index contributed by atoms with van der Waals surface area (Å²) in [5.41, 5.74) is 4.84. The van der Waals surface area contributed by atoms with Gasteiger partial charge in [0.15, 0.2) is 0 Å². The maximum atomic E-state index is 11.4. The Kier molecular flexibility index (Phi) is 6.93. The van der Waals surface area contributed by atoms with Gasteiger partial charge in [0.2, 0.25) is 15.9 Å². The van der Waals surface area contributed by atoms with Gasteiger partial charge in [-0.2, -0.15) is 0 Å². The summed E-state index contributed by atoms with van der Waals surface area (Å²) < 4.78 is 23.8. The van der Waals surface area contributed by atoms with Crippen molar-refractivity contribution >= 4 is 27.9 Å². The van der Waals surface area contributed by atoms with Crippen LogP contribution in [0.15, 0.2) is 0 Å². The number of carboxylic acids is 1. The number of hydrogen-bond donors (Lipinski definition) is 4. The quantitative estimate of drug-likeness (QED) is 0.388. The number of nitrogens with one attached hydrogen (secondary N) is 2. The van der Waals surface area contributed by atoms with Gasteiger partial charge < -0.3 is 21.5 Å². The summed E-state index contributed by atoms with van der Waals surface area (Å²) in [5.74, 6) is -2.63. The van der Waals surface area contributed by atoms with Crippen molar-refractivity contribution in [1.29, 1.82) is 0 Å². The lowest BCUT2D eigenvalue weighted by atomic mass is 10.2. The monoisotopic (exact) mass is 310 g/mol. The van der Waals surface area contributed by atoms with Crippen LogP contribution in [0.5, 0.6) is 0 Å². The van der Waals surface area contributed by atoms with Gasteiger partial charge in [0, 0.05) is 20.6 Å². The molecule has 0 aliphatic rings. The smallest absolute Gasteiger partial charge is 0.326 e. The minimum absolute atomic E-state index is 0.199. The molecule has 1 atom stereocenters. The minimum Gasteiger partial charge on any atom is -0.480 e. The van der Waals surface area contributed by atoms with Crippen LogP contribution in [-0.4, -0.2) is 68.2 Å². The maximum absolute atomic E-state index is 11.4. The number of urea groups is 1. The molecule has 20 heavy (non-hydrogen) atoms. The normalized spacial score (nSPS) is 12.8. The lowest BCUT2D eigenvalue weighted by molar-refractivity contribution is -0.140. The molecule has 0 aromatic heterocycles. The van der Waals surface area contributed by atoms with Gasteiger partial charge in [0.25, 0.3) is 0 Å². The fourth-order valence-electron chi connectivity index (χ4n) is 1.09. The summed E-state index contributed by atoms with van der Waals surface area (Å²) in [6.45, 7) is -0.199. The molecule has 0 rings (SSSR count). The second kappa shape index (κ2) is 7.65. The van der Waals surface area contributed by atoms with Gasteiger partial charge in [0.1, 0.15) is 6.04 Å².